The van der Waals surface area contributed by atoms with Gasteiger partial charge in [-0.1, -0.05) is 17.4 Å². The van der Waals surface area contributed by atoms with Crippen molar-refractivity contribution in [2.24, 2.45) is 7.05 Å². The predicted molar refractivity (Wildman–Crippen MR) is 154 cm³/mol. The molecule has 12 nitrogen and oxygen atoms in total. The third-order valence-electron chi connectivity index (χ3n) is 6.50. The van der Waals surface area contributed by atoms with Crippen LogP contribution >= 0.6 is 11.3 Å². The topological polar surface area (TPSA) is 151 Å². The number of halogens is 4. The van der Waals surface area contributed by atoms with Crippen molar-refractivity contribution in [3.05, 3.63) is 41.7 Å². The average molecular weight is 642 g/mol. The summed E-state index contributed by atoms with van der Waals surface area (Å²) in [4.78, 5) is 42.5. The number of amides is 3. The van der Waals surface area contributed by atoms with Gasteiger partial charge in [0.1, 0.15) is 32.9 Å². The monoisotopic (exact) mass is 641 g/mol. The number of hydrogen-bond acceptors (Lipinski definition) is 8. The zero-order valence-corrected chi connectivity index (χ0v) is 25.2. The summed E-state index contributed by atoms with van der Waals surface area (Å²) in [7, 11) is 1.48. The van der Waals surface area contributed by atoms with E-state index in [9.17, 15) is 28.3 Å². The highest BCUT2D eigenvalue weighted by Crippen LogP contribution is 2.39. The Kier molecular flexibility index (Phi) is 8.82. The van der Waals surface area contributed by atoms with Gasteiger partial charge >= 0.3 is 12.2 Å². The molecule has 0 radical (unpaired) electrons. The van der Waals surface area contributed by atoms with E-state index in [4.69, 9.17) is 4.74 Å². The van der Waals surface area contributed by atoms with Crippen molar-refractivity contribution in [1.82, 2.24) is 20.1 Å². The van der Waals surface area contributed by atoms with E-state index in [1.54, 1.807) is 20.8 Å². The minimum atomic E-state index is -3.29. The van der Waals surface area contributed by atoms with Gasteiger partial charge in [0, 0.05) is 25.6 Å². The van der Waals surface area contributed by atoms with Gasteiger partial charge in [0.2, 0.25) is 0 Å². The van der Waals surface area contributed by atoms with Crippen LogP contribution < -0.4 is 20.9 Å². The van der Waals surface area contributed by atoms with Gasteiger partial charge in [-0.25, -0.2) is 32.1 Å². The van der Waals surface area contributed by atoms with E-state index in [1.807, 2.05) is 5.32 Å². The summed E-state index contributed by atoms with van der Waals surface area (Å²) in [5, 5.41) is 19.8. The lowest BCUT2D eigenvalue weighted by Gasteiger charge is -2.32. The van der Waals surface area contributed by atoms with Crippen molar-refractivity contribution in [2.75, 3.05) is 28.6 Å². The molecule has 3 amide bonds. The fourth-order valence-electron chi connectivity index (χ4n) is 4.83. The molecule has 1 saturated heterocycles. The molecule has 1 aliphatic rings. The number of carboxylic acid groups (broad SMARTS) is 1. The average Bonchev–Trinajstić information content (AvgIpc) is 3.39. The first kappa shape index (κ1) is 32.5. The van der Waals surface area contributed by atoms with Crippen LogP contribution in [0.4, 0.5) is 43.7 Å². The number of nitrogens with zero attached hydrogens (tertiary/aromatic N) is 4. The molecule has 4 N–H and O–H groups in total. The lowest BCUT2D eigenvalue weighted by molar-refractivity contribution is -0.0195. The Morgan fingerprint density at radius 1 is 1.14 bits per heavy atom. The van der Waals surface area contributed by atoms with Crippen molar-refractivity contribution in [2.45, 2.75) is 57.6 Å². The van der Waals surface area contributed by atoms with Gasteiger partial charge in [0.25, 0.3) is 11.8 Å². The number of ether oxygens (including phenoxy) is 1. The number of alkyl carbamates (subject to hydrolysis) is 1. The second-order valence-electron chi connectivity index (χ2n) is 11.6. The number of thiazole rings is 1. The highest BCUT2D eigenvalue weighted by atomic mass is 32.1. The van der Waals surface area contributed by atoms with E-state index < -0.39 is 71.0 Å². The van der Waals surface area contributed by atoms with Gasteiger partial charge in [-0.2, -0.15) is 5.10 Å². The summed E-state index contributed by atoms with van der Waals surface area (Å²) in [6.45, 7) is 5.70. The molecule has 44 heavy (non-hydrogen) atoms. The molecular formula is C27H31F4N7O5S. The summed E-state index contributed by atoms with van der Waals surface area (Å²) in [5.41, 5.74) is -3.23. The zero-order chi connectivity index (χ0) is 32.6. The van der Waals surface area contributed by atoms with E-state index in [1.165, 1.54) is 29.7 Å². The Labute approximate surface area is 253 Å². The molecule has 1 aliphatic heterocycles. The van der Waals surface area contributed by atoms with Crippen LogP contribution in [0.15, 0.2) is 24.4 Å². The highest BCUT2D eigenvalue weighted by Gasteiger charge is 2.46. The summed E-state index contributed by atoms with van der Waals surface area (Å²) in [6.07, 6.45) is -1.78. The number of aryl methyl sites for hydroxylation is 1. The Bertz CT molecular complexity index is 1570. The van der Waals surface area contributed by atoms with Crippen molar-refractivity contribution in [3.8, 4) is 10.6 Å². The van der Waals surface area contributed by atoms with Crippen LogP contribution in [0.5, 0.6) is 0 Å². The number of carbonyl (C=O) groups excluding carboxylic acids is 2. The van der Waals surface area contributed by atoms with Gasteiger partial charge in [0.05, 0.1) is 18.3 Å². The van der Waals surface area contributed by atoms with Gasteiger partial charge in [0.15, 0.2) is 11.5 Å². The summed E-state index contributed by atoms with van der Waals surface area (Å²) in [5.74, 6) is -6.13. The molecule has 3 aromatic rings. The molecule has 0 saturated carbocycles. The maximum atomic E-state index is 15.3. The van der Waals surface area contributed by atoms with Crippen molar-refractivity contribution in [1.29, 1.82) is 0 Å². The molecule has 1 atom stereocenters. The van der Waals surface area contributed by atoms with Crippen molar-refractivity contribution in [3.63, 3.8) is 0 Å². The van der Waals surface area contributed by atoms with Crippen LogP contribution in [-0.2, 0) is 11.8 Å². The number of benzene rings is 1. The molecule has 1 aromatic carbocycles. The molecule has 238 valence electrons. The lowest BCUT2D eigenvalue weighted by Crippen LogP contribution is -2.50. The molecule has 2 aromatic heterocycles. The maximum absolute atomic E-state index is 15.3. The largest absolute Gasteiger partial charge is 0.465 e. The lowest BCUT2D eigenvalue weighted by atomic mass is 9.91. The number of rotatable bonds is 6. The van der Waals surface area contributed by atoms with Gasteiger partial charge in [-0.15, -0.1) is 0 Å². The van der Waals surface area contributed by atoms with E-state index in [0.29, 0.717) is 11.3 Å². The molecule has 4 rings (SSSR count). The number of alkyl halides is 2. The second kappa shape index (κ2) is 11.9. The maximum Gasteiger partial charge on any atom is 0.409 e. The predicted octanol–water partition coefficient (Wildman–Crippen LogP) is 5.68. The first-order valence-electron chi connectivity index (χ1n) is 13.3. The molecule has 0 bridgehead atoms. The van der Waals surface area contributed by atoms with E-state index in [-0.39, 0.29) is 34.5 Å². The minimum Gasteiger partial charge on any atom is -0.465 e. The summed E-state index contributed by atoms with van der Waals surface area (Å²) in [6, 6.07) is 3.10. The smallest absolute Gasteiger partial charge is 0.409 e. The molecule has 0 aliphatic carbocycles. The molecule has 3 heterocycles. The van der Waals surface area contributed by atoms with Crippen LogP contribution in [0.25, 0.3) is 10.6 Å². The van der Waals surface area contributed by atoms with E-state index in [0.717, 1.165) is 18.2 Å². The Morgan fingerprint density at radius 2 is 1.80 bits per heavy atom. The quantitative estimate of drug-likeness (QED) is 0.251. The second-order valence-corrected chi connectivity index (χ2v) is 12.6. The van der Waals surface area contributed by atoms with E-state index >= 15 is 8.78 Å². The Balaban J connectivity index is 1.62. The van der Waals surface area contributed by atoms with Crippen molar-refractivity contribution < 1.29 is 41.8 Å². The van der Waals surface area contributed by atoms with Gasteiger partial charge in [-0.3, -0.25) is 14.8 Å². The van der Waals surface area contributed by atoms with Crippen LogP contribution in [0.3, 0.4) is 0 Å². The van der Waals surface area contributed by atoms with Crippen LogP contribution in [0, 0.1) is 11.6 Å². The summed E-state index contributed by atoms with van der Waals surface area (Å²) < 4.78 is 66.0. The normalized spacial score (nSPS) is 18.3. The minimum absolute atomic E-state index is 0.00935. The molecule has 1 fully saturated rings. The van der Waals surface area contributed by atoms with Gasteiger partial charge in [-0.05, 0) is 46.2 Å². The number of anilines is 3. The zero-order valence-electron chi connectivity index (χ0n) is 24.4. The first-order valence-corrected chi connectivity index (χ1v) is 14.1. The van der Waals surface area contributed by atoms with Crippen LogP contribution in [0.2, 0.25) is 0 Å². The molecule has 17 heteroatoms. The third-order valence-corrected chi connectivity index (χ3v) is 7.49. The number of carbonyl (C=O) groups is 3. The first-order chi connectivity index (χ1) is 20.4. The number of hydrogen-bond donors (Lipinski definition) is 4. The molecule has 0 unspecified atom stereocenters. The van der Waals surface area contributed by atoms with Crippen LogP contribution in [0.1, 0.15) is 51.0 Å². The highest BCUT2D eigenvalue weighted by molar-refractivity contribution is 7.19. The van der Waals surface area contributed by atoms with Crippen molar-refractivity contribution >= 4 is 45.9 Å². The molecule has 0 spiro atoms. The van der Waals surface area contributed by atoms with Crippen LogP contribution in [-0.4, -0.2) is 68.1 Å². The fraction of sp³-hybridized carbons (Fsp3) is 0.444. The van der Waals surface area contributed by atoms with Gasteiger partial charge < -0.3 is 25.4 Å². The third kappa shape index (κ3) is 7.56. The van der Waals surface area contributed by atoms with E-state index in [2.05, 4.69) is 20.7 Å². The number of aromatic nitrogens is 3. The molecular weight excluding hydrogens is 610 g/mol. The fourth-order valence-corrected chi connectivity index (χ4v) is 5.83. The Morgan fingerprint density at radius 3 is 2.41 bits per heavy atom. The number of nitrogens with one attached hydrogen (secondary N) is 3. The standard InChI is InChI=1S/C27H31F4N7O5S/c1-25(2,3)43-24(42)36-26(4)9-10-38(13-27(30,31)12-26)22-16(11-32-37(22)5)33-19(39)18-21(35-23(40)41)44-20(34-18)17-14(28)7-6-8-15(17)29/h6-8,11,35H,9-10,12-13H2,1-5H3,(H,33,39)(H,36,42)(H,40,41)/t26-/m0/s1. The SMILES string of the molecule is Cn1ncc(NC(=O)c2nc(-c3c(F)cccc3F)sc2NC(=O)O)c1N1CC[C@](C)(NC(=O)OC(C)(C)C)CC(F)(F)C1. The Hall–Kier alpha value is -4.41. The summed E-state index contributed by atoms with van der Waals surface area (Å²) >= 11 is 0.537.